The Morgan fingerprint density at radius 1 is 1.21 bits per heavy atom. The second-order valence-electron chi connectivity index (χ2n) is 3.48. The first-order valence-corrected chi connectivity index (χ1v) is 6.07. The lowest BCUT2D eigenvalue weighted by Gasteiger charge is -2.22. The van der Waals surface area contributed by atoms with Crippen molar-refractivity contribution in [1.29, 1.82) is 0 Å². The van der Waals surface area contributed by atoms with Gasteiger partial charge in [-0.1, -0.05) is 11.8 Å². The number of carbonyl (C=O) groups excluding carboxylic acids is 3. The van der Waals surface area contributed by atoms with Crippen LogP contribution in [0.1, 0.15) is 0 Å². The molecule has 1 aliphatic rings. The molecule has 10 heteroatoms. The van der Waals surface area contributed by atoms with E-state index in [1.165, 1.54) is 0 Å². The normalized spacial score (nSPS) is 20.7. The number of nitrogens with one attached hydrogen (secondary N) is 1. The zero-order valence-electron chi connectivity index (χ0n) is 9.67. The molecule has 9 nitrogen and oxygen atoms in total. The lowest BCUT2D eigenvalue weighted by atomic mass is 10.0. The van der Waals surface area contributed by atoms with Gasteiger partial charge in [0.05, 0.1) is 12.4 Å². The molecule has 0 bridgehead atoms. The van der Waals surface area contributed by atoms with Crippen LogP contribution in [0.2, 0.25) is 0 Å². The first-order valence-electron chi connectivity index (χ1n) is 5.08. The van der Waals surface area contributed by atoms with Crippen molar-refractivity contribution in [1.82, 2.24) is 5.32 Å². The summed E-state index contributed by atoms with van der Waals surface area (Å²) in [5.74, 6) is 0.105. The smallest absolute Gasteiger partial charge is 0.286 e. The van der Waals surface area contributed by atoms with E-state index in [1.54, 1.807) is 0 Å². The molecular formula is C9H15NO8S. The van der Waals surface area contributed by atoms with Gasteiger partial charge in [-0.3, -0.25) is 14.9 Å². The van der Waals surface area contributed by atoms with E-state index >= 15 is 0 Å². The SMILES string of the molecule is O=C1CSC(=O)N1.O=C[C@H](O)[C@@H](O)[C@H](O)[C@H](O)CO. The molecular weight excluding hydrogens is 282 g/mol. The van der Waals surface area contributed by atoms with E-state index in [0.29, 0.717) is 5.75 Å². The van der Waals surface area contributed by atoms with Gasteiger partial charge in [-0.15, -0.1) is 0 Å². The Bertz CT molecular complexity index is 311. The molecule has 110 valence electrons. The highest BCUT2D eigenvalue weighted by molar-refractivity contribution is 8.14. The van der Waals surface area contributed by atoms with Gasteiger partial charge in [-0.05, 0) is 0 Å². The van der Waals surface area contributed by atoms with Crippen LogP contribution in [0, 0.1) is 0 Å². The van der Waals surface area contributed by atoms with E-state index in [4.69, 9.17) is 25.5 Å². The maximum absolute atomic E-state index is 10.1. The van der Waals surface area contributed by atoms with E-state index in [-0.39, 0.29) is 17.4 Å². The van der Waals surface area contributed by atoms with Gasteiger partial charge in [0.2, 0.25) is 5.91 Å². The Kier molecular flexibility index (Phi) is 8.47. The average molecular weight is 297 g/mol. The predicted molar refractivity (Wildman–Crippen MR) is 63.2 cm³/mol. The highest BCUT2D eigenvalue weighted by Crippen LogP contribution is 2.06. The lowest BCUT2D eigenvalue weighted by molar-refractivity contribution is -0.136. The summed E-state index contributed by atoms with van der Waals surface area (Å²) in [5.41, 5.74) is 0. The molecule has 4 atom stereocenters. The van der Waals surface area contributed by atoms with E-state index in [0.717, 1.165) is 11.8 Å². The molecule has 1 saturated heterocycles. The van der Waals surface area contributed by atoms with Crippen LogP contribution in [-0.2, 0) is 9.59 Å². The molecule has 1 heterocycles. The van der Waals surface area contributed by atoms with Gasteiger partial charge < -0.3 is 30.3 Å². The van der Waals surface area contributed by atoms with Gasteiger partial charge in [0.15, 0.2) is 6.29 Å². The maximum Gasteiger partial charge on any atom is 0.286 e. The van der Waals surface area contributed by atoms with Gasteiger partial charge in [-0.25, -0.2) is 0 Å². The number of carbonyl (C=O) groups is 3. The van der Waals surface area contributed by atoms with Crippen LogP contribution in [0.25, 0.3) is 0 Å². The summed E-state index contributed by atoms with van der Waals surface area (Å²) in [6.07, 6.45) is -6.84. The summed E-state index contributed by atoms with van der Waals surface area (Å²) < 4.78 is 0. The molecule has 1 rings (SSSR count). The summed E-state index contributed by atoms with van der Waals surface area (Å²) in [5, 5.41) is 45.4. The number of hydrogen-bond acceptors (Lipinski definition) is 9. The zero-order chi connectivity index (χ0) is 15.0. The van der Waals surface area contributed by atoms with Gasteiger partial charge >= 0.3 is 0 Å². The highest BCUT2D eigenvalue weighted by Gasteiger charge is 2.29. The fourth-order valence-corrected chi connectivity index (χ4v) is 1.46. The Morgan fingerprint density at radius 2 is 1.79 bits per heavy atom. The predicted octanol–water partition coefficient (Wildman–Crippen LogP) is -3.41. The van der Waals surface area contributed by atoms with Crippen LogP contribution in [0.3, 0.4) is 0 Å². The fourth-order valence-electron chi connectivity index (χ4n) is 0.935. The molecule has 0 aromatic heterocycles. The molecule has 1 aliphatic heterocycles. The summed E-state index contributed by atoms with van der Waals surface area (Å²) in [6.45, 7) is -0.760. The van der Waals surface area contributed by atoms with Crippen molar-refractivity contribution in [2.75, 3.05) is 12.4 Å². The van der Waals surface area contributed by atoms with Gasteiger partial charge in [0.25, 0.3) is 5.24 Å². The van der Waals surface area contributed by atoms with Crippen molar-refractivity contribution in [2.24, 2.45) is 0 Å². The van der Waals surface area contributed by atoms with Gasteiger partial charge in [0, 0.05) is 0 Å². The third kappa shape index (κ3) is 6.61. The monoisotopic (exact) mass is 297 g/mol. The Labute approximate surface area is 112 Å². The highest BCUT2D eigenvalue weighted by atomic mass is 32.2. The minimum atomic E-state index is -1.79. The first kappa shape index (κ1) is 18.0. The largest absolute Gasteiger partial charge is 0.394 e. The molecule has 0 spiro atoms. The van der Waals surface area contributed by atoms with E-state index in [2.05, 4.69) is 5.32 Å². The Morgan fingerprint density at radius 3 is 2.05 bits per heavy atom. The number of aliphatic hydroxyl groups is 5. The standard InChI is InChI=1S/C6H12O6.C3H3NO2S/c7-1-3(9)5(11)6(12)4(10)2-8;5-2-1-7-3(6)4-2/h1,3-6,8-12H,2H2;1H2,(H,4,5,6)/t3-,4+,5+,6+;/m0./s1. The first-order chi connectivity index (χ1) is 8.83. The van der Waals surface area contributed by atoms with Crippen molar-refractivity contribution in [3.05, 3.63) is 0 Å². The molecule has 0 aromatic rings. The molecule has 2 amide bonds. The van der Waals surface area contributed by atoms with Gasteiger partial charge in [-0.2, -0.15) is 0 Å². The lowest BCUT2D eigenvalue weighted by Crippen LogP contribution is -2.46. The van der Waals surface area contributed by atoms with Crippen LogP contribution < -0.4 is 5.32 Å². The van der Waals surface area contributed by atoms with Crippen LogP contribution >= 0.6 is 11.8 Å². The van der Waals surface area contributed by atoms with Crippen molar-refractivity contribution >= 4 is 29.2 Å². The number of aldehydes is 1. The summed E-state index contributed by atoms with van der Waals surface area (Å²) in [6, 6.07) is 0. The maximum atomic E-state index is 10.1. The van der Waals surface area contributed by atoms with Crippen molar-refractivity contribution in [3.63, 3.8) is 0 Å². The molecule has 0 aliphatic carbocycles. The molecule has 6 N–H and O–H groups in total. The molecule has 19 heavy (non-hydrogen) atoms. The van der Waals surface area contributed by atoms with Gasteiger partial charge in [0.1, 0.15) is 24.4 Å². The van der Waals surface area contributed by atoms with E-state index in [9.17, 15) is 14.4 Å². The third-order valence-corrected chi connectivity index (χ3v) is 2.77. The topological polar surface area (TPSA) is 164 Å². The quantitative estimate of drug-likeness (QED) is 0.283. The Hall–Kier alpha value is -1.04. The van der Waals surface area contributed by atoms with Crippen molar-refractivity contribution < 1.29 is 39.9 Å². The number of imide groups is 1. The molecule has 0 aromatic carbocycles. The minimum absolute atomic E-state index is 0.0258. The van der Waals surface area contributed by atoms with Crippen LogP contribution in [0.5, 0.6) is 0 Å². The number of hydrogen-bond donors (Lipinski definition) is 6. The Balaban J connectivity index is 0.000000388. The fraction of sp³-hybridized carbons (Fsp3) is 0.667. The number of thioether (sulfide) groups is 1. The second kappa shape index (κ2) is 8.96. The summed E-state index contributed by atoms with van der Waals surface area (Å²) in [4.78, 5) is 30.1. The molecule has 0 unspecified atom stereocenters. The summed E-state index contributed by atoms with van der Waals surface area (Å²) in [7, 11) is 0. The number of rotatable bonds is 5. The van der Waals surface area contributed by atoms with E-state index in [1.807, 2.05) is 0 Å². The van der Waals surface area contributed by atoms with Crippen LogP contribution in [-0.4, -0.2) is 79.7 Å². The van der Waals surface area contributed by atoms with Crippen LogP contribution in [0.4, 0.5) is 4.79 Å². The molecule has 0 radical (unpaired) electrons. The number of amides is 2. The average Bonchev–Trinajstić information content (AvgIpc) is 2.79. The zero-order valence-corrected chi connectivity index (χ0v) is 10.5. The van der Waals surface area contributed by atoms with Crippen molar-refractivity contribution in [3.8, 4) is 0 Å². The summed E-state index contributed by atoms with van der Waals surface area (Å²) >= 11 is 1.01. The van der Waals surface area contributed by atoms with Crippen molar-refractivity contribution in [2.45, 2.75) is 24.4 Å². The van der Waals surface area contributed by atoms with E-state index < -0.39 is 31.0 Å². The third-order valence-electron chi connectivity index (χ3n) is 2.00. The second-order valence-corrected chi connectivity index (χ2v) is 4.43. The molecule has 1 fully saturated rings. The number of aliphatic hydroxyl groups excluding tert-OH is 5. The molecule has 0 saturated carbocycles. The minimum Gasteiger partial charge on any atom is -0.394 e. The van der Waals surface area contributed by atoms with Crippen LogP contribution in [0.15, 0.2) is 0 Å².